The number of rotatable bonds is 9. The summed E-state index contributed by atoms with van der Waals surface area (Å²) < 4.78 is 29.8. The van der Waals surface area contributed by atoms with Crippen molar-refractivity contribution in [2.45, 2.75) is 25.9 Å². The Hall–Kier alpha value is -3.00. The monoisotopic (exact) mass is 403 g/mol. The standard InChI is InChI=1S/C20H21NO6S/c1-14(20(24)16-8-10-17(11-9-16)21-28(2,25)26)27-19(23)13-12-18(22)15-6-4-3-5-7-15/h3-11,14,21H,12-13H2,1-2H3/t14-/m1/s1. The van der Waals surface area contributed by atoms with Crippen LogP contribution in [-0.4, -0.2) is 38.3 Å². The molecule has 148 valence electrons. The zero-order valence-corrected chi connectivity index (χ0v) is 16.4. The Morgan fingerprint density at radius 2 is 1.54 bits per heavy atom. The van der Waals surface area contributed by atoms with E-state index in [1.54, 1.807) is 30.3 Å². The lowest BCUT2D eigenvalue weighted by Gasteiger charge is -2.13. The van der Waals surface area contributed by atoms with Crippen LogP contribution in [0.25, 0.3) is 0 Å². The summed E-state index contributed by atoms with van der Waals surface area (Å²) in [6.07, 6.45) is -0.123. The average Bonchev–Trinajstić information content (AvgIpc) is 2.65. The Balaban J connectivity index is 1.87. The maximum absolute atomic E-state index is 12.4. The molecule has 0 fully saturated rings. The number of anilines is 1. The fourth-order valence-electron chi connectivity index (χ4n) is 2.44. The van der Waals surface area contributed by atoms with Crippen LogP contribution in [0.1, 0.15) is 40.5 Å². The molecule has 8 heteroatoms. The molecular formula is C20H21NO6S. The number of carbonyl (C=O) groups is 3. The molecule has 2 rings (SSSR count). The minimum absolute atomic E-state index is 0.00435. The van der Waals surface area contributed by atoms with Gasteiger partial charge in [-0.3, -0.25) is 19.1 Å². The van der Waals surface area contributed by atoms with E-state index >= 15 is 0 Å². The van der Waals surface area contributed by atoms with E-state index in [0.717, 1.165) is 6.26 Å². The summed E-state index contributed by atoms with van der Waals surface area (Å²) in [7, 11) is -3.41. The lowest BCUT2D eigenvalue weighted by Crippen LogP contribution is -2.24. The number of Topliss-reactive ketones (excluding diaryl/α,β-unsaturated/α-hetero) is 2. The van der Waals surface area contributed by atoms with Crippen molar-refractivity contribution in [1.29, 1.82) is 0 Å². The largest absolute Gasteiger partial charge is 0.454 e. The molecule has 0 aliphatic heterocycles. The van der Waals surface area contributed by atoms with Crippen molar-refractivity contribution in [3.63, 3.8) is 0 Å². The second kappa shape index (κ2) is 9.27. The molecule has 1 N–H and O–H groups in total. The van der Waals surface area contributed by atoms with Crippen LogP contribution in [0, 0.1) is 0 Å². The van der Waals surface area contributed by atoms with Crippen LogP contribution in [0.3, 0.4) is 0 Å². The van der Waals surface area contributed by atoms with Crippen molar-refractivity contribution in [3.8, 4) is 0 Å². The summed E-state index contributed by atoms with van der Waals surface area (Å²) in [6, 6.07) is 14.4. The summed E-state index contributed by atoms with van der Waals surface area (Å²) in [5, 5.41) is 0. The minimum Gasteiger partial charge on any atom is -0.454 e. The summed E-state index contributed by atoms with van der Waals surface area (Å²) in [6.45, 7) is 1.45. The van der Waals surface area contributed by atoms with Gasteiger partial charge in [0.05, 0.1) is 12.7 Å². The predicted octanol–water partition coefficient (Wildman–Crippen LogP) is 2.84. The molecule has 7 nitrogen and oxygen atoms in total. The highest BCUT2D eigenvalue weighted by molar-refractivity contribution is 7.92. The number of esters is 1. The lowest BCUT2D eigenvalue weighted by molar-refractivity contribution is -0.146. The Morgan fingerprint density at radius 3 is 2.11 bits per heavy atom. The van der Waals surface area contributed by atoms with Crippen LogP contribution in [0.15, 0.2) is 54.6 Å². The number of nitrogens with one attached hydrogen (secondary N) is 1. The van der Waals surface area contributed by atoms with E-state index in [1.165, 1.54) is 31.2 Å². The van der Waals surface area contributed by atoms with E-state index in [2.05, 4.69) is 4.72 Å². The molecule has 2 aromatic carbocycles. The Morgan fingerprint density at radius 1 is 0.929 bits per heavy atom. The molecule has 28 heavy (non-hydrogen) atoms. The van der Waals surface area contributed by atoms with Gasteiger partial charge >= 0.3 is 5.97 Å². The summed E-state index contributed by atoms with van der Waals surface area (Å²) in [4.78, 5) is 36.3. The average molecular weight is 403 g/mol. The van der Waals surface area contributed by atoms with Gasteiger partial charge in [-0.2, -0.15) is 0 Å². The molecule has 0 amide bonds. The van der Waals surface area contributed by atoms with Crippen LogP contribution >= 0.6 is 0 Å². The van der Waals surface area contributed by atoms with Crippen LogP contribution in [0.5, 0.6) is 0 Å². The number of carbonyl (C=O) groups excluding carboxylic acids is 3. The first-order valence-corrected chi connectivity index (χ1v) is 10.4. The molecule has 0 unspecified atom stereocenters. The minimum atomic E-state index is -3.41. The molecule has 0 bridgehead atoms. The van der Waals surface area contributed by atoms with Crippen LogP contribution in [0.4, 0.5) is 5.69 Å². The van der Waals surface area contributed by atoms with Gasteiger partial charge in [0.2, 0.25) is 15.8 Å². The normalized spacial score (nSPS) is 12.1. The Bertz CT molecular complexity index is 952. The number of ketones is 2. The molecule has 2 aromatic rings. The first kappa shape index (κ1) is 21.3. The molecule has 0 saturated carbocycles. The molecule has 0 aliphatic carbocycles. The molecule has 0 spiro atoms. The van der Waals surface area contributed by atoms with Crippen LogP contribution < -0.4 is 4.72 Å². The highest BCUT2D eigenvalue weighted by Gasteiger charge is 2.20. The zero-order valence-electron chi connectivity index (χ0n) is 15.5. The quantitative estimate of drug-likeness (QED) is 0.510. The van der Waals surface area contributed by atoms with Gasteiger partial charge in [0.1, 0.15) is 0 Å². The smallest absolute Gasteiger partial charge is 0.306 e. The fourth-order valence-corrected chi connectivity index (χ4v) is 3.01. The van der Waals surface area contributed by atoms with Gasteiger partial charge < -0.3 is 4.74 Å². The van der Waals surface area contributed by atoms with E-state index in [4.69, 9.17) is 4.74 Å². The van der Waals surface area contributed by atoms with Crippen molar-refractivity contribution in [2.24, 2.45) is 0 Å². The summed E-state index contributed by atoms with van der Waals surface area (Å²) >= 11 is 0. The van der Waals surface area contributed by atoms with Crippen molar-refractivity contribution in [2.75, 3.05) is 11.0 Å². The molecule has 0 aromatic heterocycles. The first-order chi connectivity index (χ1) is 13.2. The first-order valence-electron chi connectivity index (χ1n) is 8.55. The van der Waals surface area contributed by atoms with Gasteiger partial charge in [0.25, 0.3) is 0 Å². The third-order valence-electron chi connectivity index (χ3n) is 3.80. The Labute approximate surface area is 163 Å². The summed E-state index contributed by atoms with van der Waals surface area (Å²) in [5.74, 6) is -1.24. The molecule has 0 radical (unpaired) electrons. The van der Waals surface area contributed by atoms with Crippen molar-refractivity contribution >= 4 is 33.2 Å². The maximum atomic E-state index is 12.4. The van der Waals surface area contributed by atoms with Gasteiger partial charge in [-0.15, -0.1) is 0 Å². The molecule has 1 atom stereocenters. The number of hydrogen-bond donors (Lipinski definition) is 1. The highest BCUT2D eigenvalue weighted by atomic mass is 32.2. The highest BCUT2D eigenvalue weighted by Crippen LogP contribution is 2.14. The molecule has 0 saturated heterocycles. The number of ether oxygens (including phenoxy) is 1. The van der Waals surface area contributed by atoms with Gasteiger partial charge in [-0.05, 0) is 31.2 Å². The van der Waals surface area contributed by atoms with E-state index in [0.29, 0.717) is 11.3 Å². The SMILES string of the molecule is C[C@@H](OC(=O)CCC(=O)c1ccccc1)C(=O)c1ccc(NS(C)(=O)=O)cc1. The third kappa shape index (κ3) is 6.62. The lowest BCUT2D eigenvalue weighted by atomic mass is 10.1. The van der Waals surface area contributed by atoms with E-state index in [9.17, 15) is 22.8 Å². The van der Waals surface area contributed by atoms with Gasteiger partial charge in [0, 0.05) is 23.2 Å². The van der Waals surface area contributed by atoms with Crippen LogP contribution in [0.2, 0.25) is 0 Å². The van der Waals surface area contributed by atoms with Gasteiger partial charge in [-0.1, -0.05) is 30.3 Å². The zero-order chi connectivity index (χ0) is 20.7. The van der Waals surface area contributed by atoms with Crippen LogP contribution in [-0.2, 0) is 19.6 Å². The van der Waals surface area contributed by atoms with Gasteiger partial charge in [-0.25, -0.2) is 8.42 Å². The van der Waals surface area contributed by atoms with E-state index in [-0.39, 0.29) is 24.2 Å². The topological polar surface area (TPSA) is 107 Å². The predicted molar refractivity (Wildman–Crippen MR) is 105 cm³/mol. The third-order valence-corrected chi connectivity index (χ3v) is 4.41. The van der Waals surface area contributed by atoms with Crippen molar-refractivity contribution in [3.05, 3.63) is 65.7 Å². The Kier molecular flexibility index (Phi) is 7.06. The van der Waals surface area contributed by atoms with Crippen molar-refractivity contribution in [1.82, 2.24) is 0 Å². The summed E-state index contributed by atoms with van der Waals surface area (Å²) in [5.41, 5.74) is 1.12. The van der Waals surface area contributed by atoms with Gasteiger partial charge in [0.15, 0.2) is 11.9 Å². The fraction of sp³-hybridized carbons (Fsp3) is 0.250. The maximum Gasteiger partial charge on any atom is 0.306 e. The number of hydrogen-bond acceptors (Lipinski definition) is 6. The van der Waals surface area contributed by atoms with Crippen molar-refractivity contribution < 1.29 is 27.5 Å². The molecule has 0 aliphatic rings. The van der Waals surface area contributed by atoms with E-state index in [1.807, 2.05) is 0 Å². The number of sulfonamides is 1. The molecular weight excluding hydrogens is 382 g/mol. The second-order valence-electron chi connectivity index (χ2n) is 6.24. The second-order valence-corrected chi connectivity index (χ2v) is 7.99. The molecule has 0 heterocycles. The number of benzene rings is 2. The van der Waals surface area contributed by atoms with E-state index < -0.39 is 27.9 Å².